The fourth-order valence-electron chi connectivity index (χ4n) is 2.94. The largest absolute Gasteiger partial charge is 0.309 e. The molecule has 152 valence electrons. The van der Waals surface area contributed by atoms with E-state index in [1.54, 1.807) is 21.8 Å². The predicted octanol–water partition coefficient (Wildman–Crippen LogP) is 4.49. The smallest absolute Gasteiger partial charge is 0.278 e. The molecule has 0 fully saturated rings. The van der Waals surface area contributed by atoms with E-state index in [4.69, 9.17) is 16.6 Å². The summed E-state index contributed by atoms with van der Waals surface area (Å²) in [6, 6.07) is 5.60. The SMILES string of the molecule is CCn1nccc1C(=O)N(CCCN(C)C)c1nc2c(C)ccc(Cl)c2s1.Cl. The molecule has 2 aromatic heterocycles. The Kier molecular flexibility index (Phi) is 7.83. The lowest BCUT2D eigenvalue weighted by Crippen LogP contribution is -2.34. The van der Waals surface area contributed by atoms with E-state index in [9.17, 15) is 4.79 Å². The number of fused-ring (bicyclic) bond motifs is 1. The van der Waals surface area contributed by atoms with Gasteiger partial charge in [0.2, 0.25) is 0 Å². The second kappa shape index (κ2) is 9.69. The van der Waals surface area contributed by atoms with Crippen LogP contribution in [-0.2, 0) is 6.54 Å². The summed E-state index contributed by atoms with van der Waals surface area (Å²) in [6.45, 7) is 6.10. The topological polar surface area (TPSA) is 54.3 Å². The van der Waals surface area contributed by atoms with Crippen molar-refractivity contribution in [3.63, 3.8) is 0 Å². The maximum absolute atomic E-state index is 13.3. The molecule has 0 atom stereocenters. The number of carbonyl (C=O) groups excluding carboxylic acids is 1. The van der Waals surface area contributed by atoms with Crippen LogP contribution in [0.2, 0.25) is 5.02 Å². The Morgan fingerprint density at radius 2 is 2.00 bits per heavy atom. The highest BCUT2D eigenvalue weighted by Crippen LogP contribution is 2.36. The first-order valence-electron chi connectivity index (χ1n) is 8.96. The molecule has 0 saturated carbocycles. The molecule has 9 heteroatoms. The Morgan fingerprint density at radius 1 is 1.25 bits per heavy atom. The highest BCUT2D eigenvalue weighted by molar-refractivity contribution is 7.23. The van der Waals surface area contributed by atoms with Gasteiger partial charge in [0.25, 0.3) is 5.91 Å². The van der Waals surface area contributed by atoms with Crippen molar-refractivity contribution >= 4 is 56.6 Å². The Morgan fingerprint density at radius 3 is 2.64 bits per heavy atom. The van der Waals surface area contributed by atoms with Gasteiger partial charge in [-0.05, 0) is 58.6 Å². The van der Waals surface area contributed by atoms with E-state index in [0.717, 1.165) is 28.7 Å². The third kappa shape index (κ3) is 4.66. The molecule has 0 bridgehead atoms. The number of thiazole rings is 1. The molecule has 0 aliphatic rings. The van der Waals surface area contributed by atoms with Gasteiger partial charge in [-0.25, -0.2) is 4.98 Å². The van der Waals surface area contributed by atoms with Gasteiger partial charge in [-0.1, -0.05) is 29.0 Å². The van der Waals surface area contributed by atoms with Crippen LogP contribution in [0.15, 0.2) is 24.4 Å². The van der Waals surface area contributed by atoms with Gasteiger partial charge in [0, 0.05) is 19.3 Å². The molecule has 0 spiro atoms. The Balaban J connectivity index is 0.00000280. The molecule has 3 aromatic rings. The number of hydrogen-bond donors (Lipinski definition) is 0. The van der Waals surface area contributed by atoms with E-state index in [0.29, 0.717) is 28.9 Å². The number of amides is 1. The molecule has 0 N–H and O–H groups in total. The van der Waals surface area contributed by atoms with Crippen LogP contribution >= 0.6 is 35.3 Å². The molecule has 28 heavy (non-hydrogen) atoms. The summed E-state index contributed by atoms with van der Waals surface area (Å²) >= 11 is 7.83. The van der Waals surface area contributed by atoms with E-state index in [2.05, 4.69) is 10.00 Å². The van der Waals surface area contributed by atoms with Crippen molar-refractivity contribution < 1.29 is 4.79 Å². The van der Waals surface area contributed by atoms with Crippen LogP contribution in [0, 0.1) is 6.92 Å². The molecule has 0 unspecified atom stereocenters. The summed E-state index contributed by atoms with van der Waals surface area (Å²) in [5.74, 6) is -0.0825. The summed E-state index contributed by atoms with van der Waals surface area (Å²) in [7, 11) is 4.05. The minimum Gasteiger partial charge on any atom is -0.309 e. The van der Waals surface area contributed by atoms with Gasteiger partial charge in [-0.2, -0.15) is 5.10 Å². The maximum Gasteiger partial charge on any atom is 0.278 e. The van der Waals surface area contributed by atoms with Crippen LogP contribution < -0.4 is 4.90 Å². The minimum atomic E-state index is -0.0825. The third-order valence-electron chi connectivity index (χ3n) is 4.38. The lowest BCUT2D eigenvalue weighted by molar-refractivity contribution is 0.0975. The Labute approximate surface area is 180 Å². The van der Waals surface area contributed by atoms with Gasteiger partial charge in [0.1, 0.15) is 5.69 Å². The molecule has 0 radical (unpaired) electrons. The molecule has 3 rings (SSSR count). The third-order valence-corrected chi connectivity index (χ3v) is 5.92. The second-order valence-corrected chi connectivity index (χ2v) is 8.07. The van der Waals surface area contributed by atoms with Crippen LogP contribution in [0.5, 0.6) is 0 Å². The molecule has 0 aliphatic heterocycles. The van der Waals surface area contributed by atoms with E-state index < -0.39 is 0 Å². The van der Waals surface area contributed by atoms with Crippen molar-refractivity contribution in [1.82, 2.24) is 19.7 Å². The van der Waals surface area contributed by atoms with Crippen molar-refractivity contribution in [2.24, 2.45) is 0 Å². The first kappa shape index (κ1) is 22.6. The lowest BCUT2D eigenvalue weighted by atomic mass is 10.2. The van der Waals surface area contributed by atoms with Crippen molar-refractivity contribution in [1.29, 1.82) is 0 Å². The average molecular weight is 442 g/mol. The summed E-state index contributed by atoms with van der Waals surface area (Å²) < 4.78 is 2.63. The molecular formula is C19H25Cl2N5OS. The first-order valence-corrected chi connectivity index (χ1v) is 10.2. The fraction of sp³-hybridized carbons (Fsp3) is 0.421. The molecule has 0 saturated heterocycles. The Bertz CT molecular complexity index is 914. The molecular weight excluding hydrogens is 417 g/mol. The molecule has 2 heterocycles. The summed E-state index contributed by atoms with van der Waals surface area (Å²) in [5.41, 5.74) is 2.48. The van der Waals surface area contributed by atoms with Gasteiger partial charge in [0.15, 0.2) is 5.13 Å². The molecule has 6 nitrogen and oxygen atoms in total. The number of anilines is 1. The molecule has 0 aliphatic carbocycles. The van der Waals surface area contributed by atoms with Crippen LogP contribution in [0.4, 0.5) is 5.13 Å². The number of aromatic nitrogens is 3. The van der Waals surface area contributed by atoms with Crippen LogP contribution in [0.1, 0.15) is 29.4 Å². The van der Waals surface area contributed by atoms with E-state index in [-0.39, 0.29) is 18.3 Å². The number of carbonyl (C=O) groups is 1. The first-order chi connectivity index (χ1) is 12.9. The molecule has 1 aromatic carbocycles. The van der Waals surface area contributed by atoms with Crippen LogP contribution in [0.3, 0.4) is 0 Å². The zero-order chi connectivity index (χ0) is 19.6. The van der Waals surface area contributed by atoms with E-state index in [1.165, 1.54) is 11.3 Å². The van der Waals surface area contributed by atoms with Gasteiger partial charge in [-0.3, -0.25) is 14.4 Å². The Hall–Kier alpha value is -1.67. The summed E-state index contributed by atoms with van der Waals surface area (Å²) in [5, 5.41) is 5.57. The highest BCUT2D eigenvalue weighted by atomic mass is 35.5. The summed E-state index contributed by atoms with van der Waals surface area (Å²) in [4.78, 5) is 21.9. The van der Waals surface area contributed by atoms with Crippen LogP contribution in [0.25, 0.3) is 10.2 Å². The predicted molar refractivity (Wildman–Crippen MR) is 119 cm³/mol. The van der Waals surface area contributed by atoms with Crippen molar-refractivity contribution in [3.8, 4) is 0 Å². The van der Waals surface area contributed by atoms with Crippen molar-refractivity contribution in [2.75, 3.05) is 32.1 Å². The van der Waals surface area contributed by atoms with E-state index in [1.807, 2.05) is 40.1 Å². The quantitative estimate of drug-likeness (QED) is 0.541. The zero-order valence-corrected chi connectivity index (χ0v) is 18.9. The standard InChI is InChI=1S/C19H24ClN5OS.ClH/c1-5-25-15(9-10-21-25)18(26)24(12-6-11-23(3)4)19-22-16-13(2)7-8-14(20)17(16)27-19;/h7-10H,5-6,11-12H2,1-4H3;1H. The normalized spacial score (nSPS) is 11.1. The van der Waals surface area contributed by atoms with Crippen LogP contribution in [-0.4, -0.2) is 52.8 Å². The monoisotopic (exact) mass is 441 g/mol. The number of aryl methyl sites for hydroxylation is 2. The van der Waals surface area contributed by atoms with Gasteiger partial charge < -0.3 is 4.90 Å². The van der Waals surface area contributed by atoms with Gasteiger partial charge >= 0.3 is 0 Å². The number of benzene rings is 1. The number of halogens is 2. The lowest BCUT2D eigenvalue weighted by Gasteiger charge is -2.21. The van der Waals surface area contributed by atoms with Gasteiger partial charge in [0.05, 0.1) is 15.2 Å². The zero-order valence-electron chi connectivity index (χ0n) is 16.5. The van der Waals surface area contributed by atoms with Crippen molar-refractivity contribution in [2.45, 2.75) is 26.8 Å². The van der Waals surface area contributed by atoms with Gasteiger partial charge in [-0.15, -0.1) is 12.4 Å². The number of nitrogens with zero attached hydrogens (tertiary/aromatic N) is 5. The summed E-state index contributed by atoms with van der Waals surface area (Å²) in [6.07, 6.45) is 2.51. The highest BCUT2D eigenvalue weighted by Gasteiger charge is 2.24. The number of rotatable bonds is 7. The average Bonchev–Trinajstić information content (AvgIpc) is 3.28. The molecule has 1 amide bonds. The maximum atomic E-state index is 13.3. The number of hydrogen-bond acceptors (Lipinski definition) is 5. The fourth-order valence-corrected chi connectivity index (χ4v) is 4.28. The second-order valence-electron chi connectivity index (χ2n) is 6.68. The minimum absolute atomic E-state index is 0. The van der Waals surface area contributed by atoms with E-state index >= 15 is 0 Å². The van der Waals surface area contributed by atoms with Crippen molar-refractivity contribution in [3.05, 3.63) is 40.7 Å².